The van der Waals surface area contributed by atoms with Gasteiger partial charge in [0.05, 0.1) is 11.4 Å². The van der Waals surface area contributed by atoms with Gasteiger partial charge in [0.2, 0.25) is 0 Å². The van der Waals surface area contributed by atoms with Crippen LogP contribution in [0.1, 0.15) is 5.82 Å². The second kappa shape index (κ2) is 6.09. The van der Waals surface area contributed by atoms with E-state index in [0.717, 1.165) is 22.5 Å². The molecular weight excluding hydrogens is 292 g/mol. The highest BCUT2D eigenvalue weighted by Crippen LogP contribution is 2.29. The lowest BCUT2D eigenvalue weighted by molar-refractivity contribution is 1.15. The molecule has 4 rings (SSSR count). The Morgan fingerprint density at radius 3 is 2.25 bits per heavy atom. The van der Waals surface area contributed by atoms with Crippen molar-refractivity contribution in [3.63, 3.8) is 0 Å². The van der Waals surface area contributed by atoms with E-state index < -0.39 is 0 Å². The van der Waals surface area contributed by atoms with Crippen LogP contribution in [0, 0.1) is 0 Å². The molecule has 0 fully saturated rings. The predicted octanol–water partition coefficient (Wildman–Crippen LogP) is 5.61. The first-order chi connectivity index (χ1) is 11.8. The maximum atomic E-state index is 4.67. The third-order valence-corrected chi connectivity index (χ3v) is 4.06. The Morgan fingerprint density at radius 1 is 0.708 bits per heavy atom. The van der Waals surface area contributed by atoms with Gasteiger partial charge in [-0.2, -0.15) is 0 Å². The number of aromatic nitrogens is 2. The SMILES string of the molecule is C=Cc1nc(-c2ccccc2)cc(-c2cccc3ccccc23)n1. The number of rotatable bonds is 3. The summed E-state index contributed by atoms with van der Waals surface area (Å²) >= 11 is 0. The van der Waals surface area contributed by atoms with Crippen molar-refractivity contribution in [1.82, 2.24) is 9.97 Å². The van der Waals surface area contributed by atoms with Crippen molar-refractivity contribution in [2.45, 2.75) is 0 Å². The monoisotopic (exact) mass is 308 g/mol. The molecule has 0 N–H and O–H groups in total. The van der Waals surface area contributed by atoms with Gasteiger partial charge in [-0.1, -0.05) is 79.4 Å². The van der Waals surface area contributed by atoms with Crippen LogP contribution in [0.25, 0.3) is 39.4 Å². The fourth-order valence-electron chi connectivity index (χ4n) is 2.90. The fourth-order valence-corrected chi connectivity index (χ4v) is 2.90. The van der Waals surface area contributed by atoms with Crippen LogP contribution in [-0.4, -0.2) is 9.97 Å². The van der Waals surface area contributed by atoms with E-state index >= 15 is 0 Å². The third kappa shape index (κ3) is 2.59. The maximum absolute atomic E-state index is 4.67. The van der Waals surface area contributed by atoms with Crippen LogP contribution in [-0.2, 0) is 0 Å². The summed E-state index contributed by atoms with van der Waals surface area (Å²) in [5.74, 6) is 0.638. The van der Waals surface area contributed by atoms with Crippen LogP contribution in [0.15, 0.2) is 85.4 Å². The van der Waals surface area contributed by atoms with Crippen molar-refractivity contribution < 1.29 is 0 Å². The van der Waals surface area contributed by atoms with Crippen molar-refractivity contribution in [2.24, 2.45) is 0 Å². The van der Waals surface area contributed by atoms with Gasteiger partial charge in [0, 0.05) is 11.1 Å². The number of hydrogen-bond donors (Lipinski definition) is 0. The molecule has 4 aromatic rings. The summed E-state index contributed by atoms with van der Waals surface area (Å²) in [6.07, 6.45) is 1.70. The van der Waals surface area contributed by atoms with Crippen molar-refractivity contribution >= 4 is 16.8 Å². The van der Waals surface area contributed by atoms with Gasteiger partial charge in [0.25, 0.3) is 0 Å². The van der Waals surface area contributed by atoms with Crippen LogP contribution < -0.4 is 0 Å². The molecule has 0 amide bonds. The molecule has 1 aromatic heterocycles. The van der Waals surface area contributed by atoms with E-state index in [4.69, 9.17) is 0 Å². The lowest BCUT2D eigenvalue weighted by Gasteiger charge is -2.09. The fraction of sp³-hybridized carbons (Fsp3) is 0. The van der Waals surface area contributed by atoms with Gasteiger partial charge in [0.1, 0.15) is 0 Å². The smallest absolute Gasteiger partial charge is 0.152 e. The molecule has 0 bridgehead atoms. The number of fused-ring (bicyclic) bond motifs is 1. The summed E-state index contributed by atoms with van der Waals surface area (Å²) in [7, 11) is 0. The lowest BCUT2D eigenvalue weighted by Crippen LogP contribution is -1.95. The number of benzene rings is 3. The highest BCUT2D eigenvalue weighted by molar-refractivity contribution is 5.96. The Morgan fingerprint density at radius 2 is 1.42 bits per heavy atom. The number of nitrogens with zero attached hydrogens (tertiary/aromatic N) is 2. The van der Waals surface area contributed by atoms with Crippen molar-refractivity contribution in [3.05, 3.63) is 91.3 Å². The first kappa shape index (κ1) is 14.3. The van der Waals surface area contributed by atoms with Gasteiger partial charge in [-0.3, -0.25) is 0 Å². The zero-order chi connectivity index (χ0) is 16.4. The minimum absolute atomic E-state index is 0.638. The molecule has 0 aliphatic rings. The highest BCUT2D eigenvalue weighted by Gasteiger charge is 2.09. The molecule has 0 radical (unpaired) electrons. The van der Waals surface area contributed by atoms with E-state index in [0.29, 0.717) is 5.82 Å². The molecule has 3 aromatic carbocycles. The molecule has 0 atom stereocenters. The summed E-state index contributed by atoms with van der Waals surface area (Å²) < 4.78 is 0. The summed E-state index contributed by atoms with van der Waals surface area (Å²) in [5.41, 5.74) is 4.00. The van der Waals surface area contributed by atoms with Crippen LogP contribution in [0.2, 0.25) is 0 Å². The molecular formula is C22H16N2. The van der Waals surface area contributed by atoms with E-state index in [-0.39, 0.29) is 0 Å². The van der Waals surface area contributed by atoms with Gasteiger partial charge < -0.3 is 0 Å². The minimum Gasteiger partial charge on any atom is -0.229 e. The average molecular weight is 308 g/mol. The lowest BCUT2D eigenvalue weighted by atomic mass is 10.0. The van der Waals surface area contributed by atoms with E-state index in [1.54, 1.807) is 6.08 Å². The van der Waals surface area contributed by atoms with Gasteiger partial charge in [0.15, 0.2) is 5.82 Å². The quantitative estimate of drug-likeness (QED) is 0.492. The molecule has 24 heavy (non-hydrogen) atoms. The second-order valence-electron chi connectivity index (χ2n) is 5.59. The summed E-state index contributed by atoms with van der Waals surface area (Å²) in [6.45, 7) is 3.84. The average Bonchev–Trinajstić information content (AvgIpc) is 2.68. The van der Waals surface area contributed by atoms with E-state index in [1.165, 1.54) is 10.8 Å². The maximum Gasteiger partial charge on any atom is 0.152 e. The molecule has 0 unspecified atom stereocenters. The van der Waals surface area contributed by atoms with E-state index in [9.17, 15) is 0 Å². The van der Waals surface area contributed by atoms with Crippen LogP contribution in [0.4, 0.5) is 0 Å². The second-order valence-corrected chi connectivity index (χ2v) is 5.59. The first-order valence-corrected chi connectivity index (χ1v) is 7.90. The van der Waals surface area contributed by atoms with Crippen LogP contribution >= 0.6 is 0 Å². The highest BCUT2D eigenvalue weighted by atomic mass is 14.9. The Kier molecular flexibility index (Phi) is 3.64. The van der Waals surface area contributed by atoms with E-state index in [1.807, 2.05) is 24.3 Å². The summed E-state index contributed by atoms with van der Waals surface area (Å²) in [6, 6.07) is 26.8. The standard InChI is InChI=1S/C22H16N2/c1-2-22-23-20(17-10-4-3-5-11-17)15-21(24-22)19-14-8-12-16-9-6-7-13-18(16)19/h2-15H,1H2. The van der Waals surface area contributed by atoms with Crippen molar-refractivity contribution in [2.75, 3.05) is 0 Å². The van der Waals surface area contributed by atoms with E-state index in [2.05, 4.69) is 71.1 Å². The molecule has 0 aliphatic heterocycles. The molecule has 0 saturated heterocycles. The Balaban J connectivity index is 1.96. The summed E-state index contributed by atoms with van der Waals surface area (Å²) in [5, 5.41) is 2.39. The van der Waals surface area contributed by atoms with Crippen molar-refractivity contribution in [1.29, 1.82) is 0 Å². The molecule has 2 nitrogen and oxygen atoms in total. The van der Waals surface area contributed by atoms with Crippen LogP contribution in [0.5, 0.6) is 0 Å². The van der Waals surface area contributed by atoms with Crippen LogP contribution in [0.3, 0.4) is 0 Å². The molecule has 114 valence electrons. The normalized spacial score (nSPS) is 10.7. The predicted molar refractivity (Wildman–Crippen MR) is 101 cm³/mol. The van der Waals surface area contributed by atoms with Gasteiger partial charge in [-0.15, -0.1) is 0 Å². The van der Waals surface area contributed by atoms with Gasteiger partial charge in [-0.05, 0) is 22.9 Å². The molecule has 0 aliphatic carbocycles. The number of hydrogen-bond acceptors (Lipinski definition) is 2. The molecule has 1 heterocycles. The minimum atomic E-state index is 0.638. The summed E-state index contributed by atoms with van der Waals surface area (Å²) in [4.78, 5) is 9.27. The molecule has 2 heteroatoms. The Labute approximate surface area is 141 Å². The third-order valence-electron chi connectivity index (χ3n) is 4.06. The van der Waals surface area contributed by atoms with Gasteiger partial charge in [-0.25, -0.2) is 9.97 Å². The zero-order valence-corrected chi connectivity index (χ0v) is 13.2. The first-order valence-electron chi connectivity index (χ1n) is 7.90. The Hall–Kier alpha value is -3.26. The topological polar surface area (TPSA) is 25.8 Å². The van der Waals surface area contributed by atoms with Gasteiger partial charge >= 0.3 is 0 Å². The Bertz CT molecular complexity index is 1010. The largest absolute Gasteiger partial charge is 0.229 e. The molecule has 0 spiro atoms. The molecule has 0 saturated carbocycles. The van der Waals surface area contributed by atoms with Crippen molar-refractivity contribution in [3.8, 4) is 22.5 Å². The zero-order valence-electron chi connectivity index (χ0n) is 13.2.